The topological polar surface area (TPSA) is 80.9 Å². The average Bonchev–Trinajstić information content (AvgIpc) is 3.22. The molecule has 2 aliphatic rings. The van der Waals surface area contributed by atoms with Crippen LogP contribution in [0.25, 0.3) is 11.8 Å². The van der Waals surface area contributed by atoms with Crippen LogP contribution in [0.15, 0.2) is 88.2 Å². The van der Waals surface area contributed by atoms with Gasteiger partial charge >= 0.3 is 5.97 Å². The minimum absolute atomic E-state index is 0.112. The van der Waals surface area contributed by atoms with E-state index >= 15 is 0 Å². The van der Waals surface area contributed by atoms with E-state index in [9.17, 15) is 14.7 Å². The fourth-order valence-electron chi connectivity index (χ4n) is 5.01. The van der Waals surface area contributed by atoms with E-state index in [1.807, 2.05) is 30.3 Å². The van der Waals surface area contributed by atoms with Gasteiger partial charge in [0, 0.05) is 5.56 Å². The highest BCUT2D eigenvalue weighted by Gasteiger charge is 2.32. The van der Waals surface area contributed by atoms with Crippen molar-refractivity contribution in [1.82, 2.24) is 4.57 Å². The van der Waals surface area contributed by atoms with Gasteiger partial charge in [-0.3, -0.25) is 9.36 Å². The van der Waals surface area contributed by atoms with E-state index in [0.717, 1.165) is 46.6 Å². The molecule has 7 heteroatoms. The number of carboxylic acids is 1. The van der Waals surface area contributed by atoms with Crippen LogP contribution in [0.4, 0.5) is 0 Å². The number of fused-ring (bicyclic) bond motifs is 3. The zero-order valence-corrected chi connectivity index (χ0v) is 20.3. The Morgan fingerprint density at radius 2 is 1.89 bits per heavy atom. The summed E-state index contributed by atoms with van der Waals surface area (Å²) in [5.41, 5.74) is 6.30. The van der Waals surface area contributed by atoms with Gasteiger partial charge in [0.05, 0.1) is 28.9 Å². The van der Waals surface area contributed by atoms with Crippen molar-refractivity contribution in [2.24, 2.45) is 4.99 Å². The number of aromatic carboxylic acids is 1. The minimum atomic E-state index is -0.981. The highest BCUT2D eigenvalue weighted by atomic mass is 32.1. The molecule has 2 heterocycles. The van der Waals surface area contributed by atoms with Crippen molar-refractivity contribution in [1.29, 1.82) is 0 Å². The summed E-state index contributed by atoms with van der Waals surface area (Å²) in [4.78, 5) is 30.7. The second kappa shape index (κ2) is 8.77. The van der Waals surface area contributed by atoms with E-state index in [2.05, 4.69) is 18.2 Å². The standard InChI is InChI=1S/C29H22N2O4S/c1-35-21-7-4-6-20(16-21)26-23-14-13-18-5-2-3-8-22(18)25(23)30-29-31(26)27(32)24(36-29)15-17-9-11-19(12-10-17)28(33)34/h2-12,15-16,26H,13-14H2,1H3,(H,33,34)/b24-15-. The van der Waals surface area contributed by atoms with Gasteiger partial charge in [0.1, 0.15) is 5.75 Å². The smallest absolute Gasteiger partial charge is 0.335 e. The lowest BCUT2D eigenvalue weighted by atomic mass is 9.83. The quantitative estimate of drug-likeness (QED) is 0.465. The SMILES string of the molecule is COc1cccc(C2C3=C(N=c4s/c(=C\c5ccc(C(=O)O)cc5)c(=O)n42)c2ccccc2CC3)c1. The maximum Gasteiger partial charge on any atom is 0.335 e. The third kappa shape index (κ3) is 3.69. The lowest BCUT2D eigenvalue weighted by Gasteiger charge is -2.31. The van der Waals surface area contributed by atoms with E-state index in [0.29, 0.717) is 9.33 Å². The van der Waals surface area contributed by atoms with Crippen LogP contribution < -0.4 is 19.6 Å². The molecule has 0 radical (unpaired) electrons. The molecule has 1 N–H and O–H groups in total. The number of thiazole rings is 1. The van der Waals surface area contributed by atoms with Crippen LogP contribution in [0, 0.1) is 0 Å². The third-order valence-electron chi connectivity index (χ3n) is 6.74. The highest BCUT2D eigenvalue weighted by molar-refractivity contribution is 7.07. The Kier molecular flexibility index (Phi) is 5.42. The first-order valence-electron chi connectivity index (χ1n) is 11.6. The van der Waals surface area contributed by atoms with Gasteiger partial charge in [-0.05, 0) is 65.4 Å². The fourth-order valence-corrected chi connectivity index (χ4v) is 6.01. The Hall–Kier alpha value is -4.23. The number of aromatic nitrogens is 1. The molecule has 1 aliphatic heterocycles. The molecule has 3 aromatic carbocycles. The van der Waals surface area contributed by atoms with Crippen LogP contribution in [0.3, 0.4) is 0 Å². The first-order chi connectivity index (χ1) is 17.5. The van der Waals surface area contributed by atoms with E-state index in [1.165, 1.54) is 16.9 Å². The summed E-state index contributed by atoms with van der Waals surface area (Å²) in [6.07, 6.45) is 3.51. The predicted molar refractivity (Wildman–Crippen MR) is 139 cm³/mol. The molecule has 0 saturated carbocycles. The first-order valence-corrected chi connectivity index (χ1v) is 12.5. The Bertz CT molecular complexity index is 1730. The van der Waals surface area contributed by atoms with E-state index in [1.54, 1.807) is 42.0 Å². The van der Waals surface area contributed by atoms with E-state index in [4.69, 9.17) is 9.73 Å². The Morgan fingerprint density at radius 3 is 2.67 bits per heavy atom. The molecule has 0 saturated heterocycles. The maximum atomic E-state index is 13.8. The van der Waals surface area contributed by atoms with Crippen molar-refractivity contribution >= 4 is 29.1 Å². The fraction of sp³-hybridized carbons (Fsp3) is 0.138. The molecule has 178 valence electrons. The minimum Gasteiger partial charge on any atom is -0.497 e. The summed E-state index contributed by atoms with van der Waals surface area (Å²) >= 11 is 1.35. The zero-order chi connectivity index (χ0) is 24.8. The second-order valence-corrected chi connectivity index (χ2v) is 9.83. The van der Waals surface area contributed by atoms with Crippen molar-refractivity contribution in [3.05, 3.63) is 126 Å². The molecule has 6 nitrogen and oxygen atoms in total. The van der Waals surface area contributed by atoms with Crippen LogP contribution >= 0.6 is 11.3 Å². The molecule has 0 spiro atoms. The normalized spacial score (nSPS) is 16.6. The van der Waals surface area contributed by atoms with E-state index < -0.39 is 5.97 Å². The summed E-state index contributed by atoms with van der Waals surface area (Å²) < 4.78 is 7.84. The van der Waals surface area contributed by atoms with Crippen LogP contribution in [-0.4, -0.2) is 22.8 Å². The zero-order valence-electron chi connectivity index (χ0n) is 19.5. The summed E-state index contributed by atoms with van der Waals surface area (Å²) in [7, 11) is 1.64. The summed E-state index contributed by atoms with van der Waals surface area (Å²) in [5, 5.41) is 9.18. The monoisotopic (exact) mass is 494 g/mol. The number of hydrogen-bond donors (Lipinski definition) is 1. The van der Waals surface area contributed by atoms with Gasteiger partial charge in [0.15, 0.2) is 4.80 Å². The Balaban J connectivity index is 1.58. The number of hydrogen-bond acceptors (Lipinski definition) is 5. The van der Waals surface area contributed by atoms with Crippen molar-refractivity contribution < 1.29 is 14.6 Å². The number of allylic oxidation sites excluding steroid dienone is 1. The van der Waals surface area contributed by atoms with Crippen molar-refractivity contribution in [2.75, 3.05) is 7.11 Å². The number of nitrogens with zero attached hydrogens (tertiary/aromatic N) is 2. The number of ether oxygens (including phenoxy) is 1. The van der Waals surface area contributed by atoms with Gasteiger partial charge in [0.25, 0.3) is 5.56 Å². The predicted octanol–water partition coefficient (Wildman–Crippen LogP) is 4.03. The number of carbonyl (C=O) groups is 1. The number of carboxylic acid groups (broad SMARTS) is 1. The van der Waals surface area contributed by atoms with Crippen LogP contribution in [-0.2, 0) is 6.42 Å². The Morgan fingerprint density at radius 1 is 1.08 bits per heavy atom. The second-order valence-electron chi connectivity index (χ2n) is 8.82. The van der Waals surface area contributed by atoms with Gasteiger partial charge in [-0.25, -0.2) is 9.79 Å². The summed E-state index contributed by atoms with van der Waals surface area (Å²) in [6, 6.07) is 22.4. The number of rotatable bonds is 4. The molecule has 0 bridgehead atoms. The highest BCUT2D eigenvalue weighted by Crippen LogP contribution is 2.41. The molecule has 1 atom stereocenters. The first kappa shape index (κ1) is 22.2. The van der Waals surface area contributed by atoms with Gasteiger partial charge in [0.2, 0.25) is 0 Å². The van der Waals surface area contributed by atoms with Crippen molar-refractivity contribution in [3.63, 3.8) is 0 Å². The molecule has 36 heavy (non-hydrogen) atoms. The Labute approximate surface area is 210 Å². The molecule has 1 aromatic heterocycles. The lowest BCUT2D eigenvalue weighted by Crippen LogP contribution is -2.38. The van der Waals surface area contributed by atoms with Crippen LogP contribution in [0.5, 0.6) is 5.75 Å². The molecule has 0 amide bonds. The molecular weight excluding hydrogens is 472 g/mol. The number of methoxy groups -OCH3 is 1. The van der Waals surface area contributed by atoms with Gasteiger partial charge in [-0.2, -0.15) is 0 Å². The summed E-state index contributed by atoms with van der Waals surface area (Å²) in [6.45, 7) is 0. The molecule has 0 fully saturated rings. The molecule has 4 aromatic rings. The number of benzene rings is 3. The van der Waals surface area contributed by atoms with Crippen LogP contribution in [0.2, 0.25) is 0 Å². The summed E-state index contributed by atoms with van der Waals surface area (Å²) in [5.74, 6) is -0.242. The average molecular weight is 495 g/mol. The maximum absolute atomic E-state index is 13.8. The number of aryl methyl sites for hydroxylation is 1. The largest absolute Gasteiger partial charge is 0.497 e. The van der Waals surface area contributed by atoms with Crippen molar-refractivity contribution in [2.45, 2.75) is 18.9 Å². The van der Waals surface area contributed by atoms with Crippen LogP contribution in [0.1, 0.15) is 45.1 Å². The van der Waals surface area contributed by atoms with Gasteiger partial charge in [-0.1, -0.05) is 59.9 Å². The van der Waals surface area contributed by atoms with E-state index in [-0.39, 0.29) is 17.2 Å². The van der Waals surface area contributed by atoms with Gasteiger partial charge < -0.3 is 9.84 Å². The molecule has 1 unspecified atom stereocenters. The molecule has 1 aliphatic carbocycles. The molecule has 6 rings (SSSR count). The third-order valence-corrected chi connectivity index (χ3v) is 7.72. The van der Waals surface area contributed by atoms with Gasteiger partial charge in [-0.15, -0.1) is 0 Å². The molecular formula is C29H22N2O4S. The lowest BCUT2D eigenvalue weighted by molar-refractivity contribution is 0.0697. The van der Waals surface area contributed by atoms with Crippen molar-refractivity contribution in [3.8, 4) is 5.75 Å².